The summed E-state index contributed by atoms with van der Waals surface area (Å²) in [6.45, 7) is 5.70. The van der Waals surface area contributed by atoms with Gasteiger partial charge in [-0.15, -0.1) is 0 Å². The maximum Gasteiger partial charge on any atom is 0.122 e. The summed E-state index contributed by atoms with van der Waals surface area (Å²) in [4.78, 5) is 0. The average Bonchev–Trinajstić information content (AvgIpc) is 1.98. The summed E-state index contributed by atoms with van der Waals surface area (Å²) in [5.74, 6) is -0.365. The lowest BCUT2D eigenvalue weighted by Crippen LogP contribution is -1.74. The molecule has 1 nitrogen and oxygen atoms in total. The smallest absolute Gasteiger partial charge is 0.122 e. The predicted molar refractivity (Wildman–Crippen MR) is 40.2 cm³/mol. The van der Waals surface area contributed by atoms with Crippen LogP contribution < -0.4 is 0 Å². The largest absolute Gasteiger partial charge is 0.501 e. The number of allylic oxidation sites excluding steroid dienone is 4. The molecule has 0 aromatic heterocycles. The molecule has 0 fully saturated rings. The Hall–Kier alpha value is -1.05. The highest BCUT2D eigenvalue weighted by atomic mass is 19.1. The van der Waals surface area contributed by atoms with Gasteiger partial charge in [-0.2, -0.15) is 0 Å². The van der Waals surface area contributed by atoms with Crippen LogP contribution in [0.25, 0.3) is 0 Å². The van der Waals surface area contributed by atoms with E-state index in [1.54, 1.807) is 0 Å². The number of hydrogen-bond donors (Lipinski definition) is 0. The van der Waals surface area contributed by atoms with Crippen molar-refractivity contribution in [1.29, 1.82) is 0 Å². The Kier molecular flexibility index (Phi) is 5.44. The Morgan fingerprint density at radius 3 is 2.90 bits per heavy atom. The first-order valence-electron chi connectivity index (χ1n) is 3.07. The van der Waals surface area contributed by atoms with E-state index in [4.69, 9.17) is 4.74 Å². The minimum atomic E-state index is -0.365. The molecule has 0 bridgehead atoms. The molecule has 0 heterocycles. The summed E-state index contributed by atoms with van der Waals surface area (Å²) in [5, 5.41) is 0. The van der Waals surface area contributed by atoms with Crippen LogP contribution in [0.5, 0.6) is 0 Å². The second kappa shape index (κ2) is 6.08. The monoisotopic (exact) mass is 142 g/mol. The van der Waals surface area contributed by atoms with Gasteiger partial charge in [0.15, 0.2) is 0 Å². The third-order valence-corrected chi connectivity index (χ3v) is 0.792. The molecular weight excluding hydrogens is 131 g/mol. The van der Waals surface area contributed by atoms with Crippen molar-refractivity contribution in [3.05, 3.63) is 36.9 Å². The van der Waals surface area contributed by atoms with Crippen LogP contribution in [0.15, 0.2) is 36.9 Å². The van der Waals surface area contributed by atoms with Gasteiger partial charge in [-0.05, 0) is 25.2 Å². The van der Waals surface area contributed by atoms with E-state index < -0.39 is 0 Å². The quantitative estimate of drug-likeness (QED) is 0.433. The Bertz CT molecular complexity index is 147. The van der Waals surface area contributed by atoms with Crippen LogP contribution in [-0.2, 0) is 4.74 Å². The standard InChI is InChI=1S/C8H11FO/c1-3-8(9)6-5-7-10-4-2/h3,5-7H,1,4H2,2H3/b7-5+,8-6+. The Morgan fingerprint density at radius 1 is 1.70 bits per heavy atom. The molecule has 56 valence electrons. The molecule has 0 radical (unpaired) electrons. The van der Waals surface area contributed by atoms with Gasteiger partial charge in [0.25, 0.3) is 0 Å². The lowest BCUT2D eigenvalue weighted by Gasteiger charge is -1.88. The van der Waals surface area contributed by atoms with E-state index in [-0.39, 0.29) is 5.83 Å². The number of ether oxygens (including phenoxy) is 1. The van der Waals surface area contributed by atoms with Crippen LogP contribution in [-0.4, -0.2) is 6.61 Å². The van der Waals surface area contributed by atoms with Crippen LogP contribution in [0.3, 0.4) is 0 Å². The summed E-state index contributed by atoms with van der Waals surface area (Å²) in [5.41, 5.74) is 0. The summed E-state index contributed by atoms with van der Waals surface area (Å²) in [6, 6.07) is 0. The molecule has 0 aromatic carbocycles. The second-order valence-electron chi connectivity index (χ2n) is 1.54. The topological polar surface area (TPSA) is 9.23 Å². The molecule has 0 aliphatic heterocycles. The zero-order valence-electron chi connectivity index (χ0n) is 6.01. The van der Waals surface area contributed by atoms with Gasteiger partial charge in [-0.1, -0.05) is 6.58 Å². The van der Waals surface area contributed by atoms with E-state index in [9.17, 15) is 4.39 Å². The lowest BCUT2D eigenvalue weighted by molar-refractivity contribution is 0.269. The molecule has 0 aromatic rings. The fourth-order valence-electron chi connectivity index (χ4n) is 0.351. The van der Waals surface area contributed by atoms with E-state index in [1.165, 1.54) is 18.4 Å². The van der Waals surface area contributed by atoms with Crippen molar-refractivity contribution in [2.45, 2.75) is 6.92 Å². The van der Waals surface area contributed by atoms with Crippen molar-refractivity contribution >= 4 is 0 Å². The van der Waals surface area contributed by atoms with Gasteiger partial charge in [0.1, 0.15) is 5.83 Å². The first-order chi connectivity index (χ1) is 4.81. The molecule has 0 amide bonds. The molecule has 10 heavy (non-hydrogen) atoms. The van der Waals surface area contributed by atoms with Gasteiger partial charge in [-0.25, -0.2) is 4.39 Å². The predicted octanol–water partition coefficient (Wildman–Crippen LogP) is 2.58. The van der Waals surface area contributed by atoms with Crippen molar-refractivity contribution in [3.63, 3.8) is 0 Å². The number of rotatable bonds is 4. The van der Waals surface area contributed by atoms with Crippen LogP contribution in [0.1, 0.15) is 6.92 Å². The summed E-state index contributed by atoms with van der Waals surface area (Å²) >= 11 is 0. The molecule has 0 atom stereocenters. The van der Waals surface area contributed by atoms with Gasteiger partial charge < -0.3 is 4.74 Å². The fourth-order valence-corrected chi connectivity index (χ4v) is 0.351. The fraction of sp³-hybridized carbons (Fsp3) is 0.250. The molecule has 0 spiro atoms. The molecule has 0 saturated heterocycles. The summed E-state index contributed by atoms with van der Waals surface area (Å²) < 4.78 is 17.0. The van der Waals surface area contributed by atoms with Crippen molar-refractivity contribution in [2.75, 3.05) is 6.61 Å². The normalized spacial score (nSPS) is 12.0. The molecule has 2 heteroatoms. The second-order valence-corrected chi connectivity index (χ2v) is 1.54. The minimum absolute atomic E-state index is 0.365. The lowest BCUT2D eigenvalue weighted by atomic mass is 10.4. The summed E-state index contributed by atoms with van der Waals surface area (Å²) in [7, 11) is 0. The van der Waals surface area contributed by atoms with Gasteiger partial charge in [0.2, 0.25) is 0 Å². The average molecular weight is 142 g/mol. The van der Waals surface area contributed by atoms with Crippen molar-refractivity contribution in [1.82, 2.24) is 0 Å². The van der Waals surface area contributed by atoms with Gasteiger partial charge in [-0.3, -0.25) is 0 Å². The maximum absolute atomic E-state index is 12.2. The van der Waals surface area contributed by atoms with Crippen molar-refractivity contribution in [2.24, 2.45) is 0 Å². The summed E-state index contributed by atoms with van der Waals surface area (Å²) in [6.07, 6.45) is 5.34. The highest BCUT2D eigenvalue weighted by molar-refractivity contribution is 5.14. The van der Waals surface area contributed by atoms with Crippen LogP contribution in [0, 0.1) is 0 Å². The SMILES string of the molecule is C=C/C(F)=C\C=C\OCC. The van der Waals surface area contributed by atoms with E-state index >= 15 is 0 Å². The third-order valence-electron chi connectivity index (χ3n) is 0.792. The van der Waals surface area contributed by atoms with Crippen LogP contribution >= 0.6 is 0 Å². The zero-order chi connectivity index (χ0) is 7.82. The maximum atomic E-state index is 12.2. The van der Waals surface area contributed by atoms with Gasteiger partial charge in [0, 0.05) is 0 Å². The Morgan fingerprint density at radius 2 is 2.40 bits per heavy atom. The van der Waals surface area contributed by atoms with Gasteiger partial charge in [0.05, 0.1) is 12.9 Å². The highest BCUT2D eigenvalue weighted by Gasteiger charge is 1.78. The number of halogens is 1. The van der Waals surface area contributed by atoms with E-state index in [0.717, 1.165) is 6.08 Å². The highest BCUT2D eigenvalue weighted by Crippen LogP contribution is 1.95. The molecular formula is C8H11FO. The molecule has 0 aliphatic rings. The Labute approximate surface area is 60.5 Å². The first-order valence-corrected chi connectivity index (χ1v) is 3.07. The van der Waals surface area contributed by atoms with E-state index in [1.807, 2.05) is 6.92 Å². The first kappa shape index (κ1) is 8.95. The van der Waals surface area contributed by atoms with Crippen molar-refractivity contribution < 1.29 is 9.13 Å². The number of hydrogen-bond acceptors (Lipinski definition) is 1. The Balaban J connectivity index is 3.59. The van der Waals surface area contributed by atoms with Crippen LogP contribution in [0.4, 0.5) is 4.39 Å². The molecule has 0 N–H and O–H groups in total. The molecule has 0 rings (SSSR count). The molecule has 0 saturated carbocycles. The molecule has 0 unspecified atom stereocenters. The minimum Gasteiger partial charge on any atom is -0.501 e. The van der Waals surface area contributed by atoms with Crippen LogP contribution in [0.2, 0.25) is 0 Å². The third kappa shape index (κ3) is 5.09. The van der Waals surface area contributed by atoms with Crippen molar-refractivity contribution in [3.8, 4) is 0 Å². The zero-order valence-corrected chi connectivity index (χ0v) is 6.01. The van der Waals surface area contributed by atoms with E-state index in [0.29, 0.717) is 6.61 Å². The molecule has 0 aliphatic carbocycles. The van der Waals surface area contributed by atoms with E-state index in [2.05, 4.69) is 6.58 Å². The van der Waals surface area contributed by atoms with Gasteiger partial charge >= 0.3 is 0 Å².